The lowest BCUT2D eigenvalue weighted by Crippen LogP contribution is -2.39. The summed E-state index contributed by atoms with van der Waals surface area (Å²) in [5.41, 5.74) is 1.12. The molecule has 0 fully saturated rings. The van der Waals surface area contributed by atoms with Crippen molar-refractivity contribution in [3.63, 3.8) is 0 Å². The highest BCUT2D eigenvalue weighted by molar-refractivity contribution is 7.80. The summed E-state index contributed by atoms with van der Waals surface area (Å²) in [5.74, 6) is -0.272. The van der Waals surface area contributed by atoms with Gasteiger partial charge in [0.2, 0.25) is 0 Å². The largest absolute Gasteiger partial charge is 0.348 e. The Hall–Kier alpha value is -1.95. The van der Waals surface area contributed by atoms with Crippen LogP contribution in [0.4, 0.5) is 0 Å². The quantitative estimate of drug-likeness (QED) is 0.674. The molecule has 24 heavy (non-hydrogen) atoms. The molecule has 0 bridgehead atoms. The van der Waals surface area contributed by atoms with Crippen LogP contribution in [0.2, 0.25) is 5.02 Å². The van der Waals surface area contributed by atoms with E-state index in [0.29, 0.717) is 21.6 Å². The molecular weight excluding hydrogens is 360 g/mol. The first-order valence-electron chi connectivity index (χ1n) is 7.33. The number of benzene rings is 2. The van der Waals surface area contributed by atoms with Gasteiger partial charge in [-0.2, -0.15) is 0 Å². The van der Waals surface area contributed by atoms with Gasteiger partial charge in [0, 0.05) is 23.7 Å². The van der Waals surface area contributed by atoms with E-state index in [2.05, 4.69) is 5.32 Å². The van der Waals surface area contributed by atoms with Crippen molar-refractivity contribution in [2.75, 3.05) is 7.05 Å². The normalized spacial score (nSPS) is 10.6. The molecule has 0 radical (unpaired) electrons. The van der Waals surface area contributed by atoms with Crippen LogP contribution < -0.4 is 5.32 Å². The van der Waals surface area contributed by atoms with Crippen LogP contribution >= 0.6 is 35.2 Å². The lowest BCUT2D eigenvalue weighted by atomic mass is 10.2. The van der Waals surface area contributed by atoms with Crippen molar-refractivity contribution in [2.45, 2.75) is 6.54 Å². The van der Waals surface area contributed by atoms with Crippen molar-refractivity contribution < 1.29 is 4.79 Å². The Morgan fingerprint density at radius 3 is 2.54 bits per heavy atom. The first-order chi connectivity index (χ1) is 11.6. The molecule has 0 aliphatic heterocycles. The van der Waals surface area contributed by atoms with E-state index in [4.69, 9.17) is 23.8 Å². The van der Waals surface area contributed by atoms with Crippen molar-refractivity contribution in [1.29, 1.82) is 0 Å². The second kappa shape index (κ2) is 7.30. The maximum absolute atomic E-state index is 12.5. The fourth-order valence-electron chi connectivity index (χ4n) is 2.34. The number of hydrogen-bond acceptors (Lipinski definition) is 3. The van der Waals surface area contributed by atoms with Crippen LogP contribution in [-0.4, -0.2) is 23.0 Å². The van der Waals surface area contributed by atoms with E-state index < -0.39 is 0 Å². The molecule has 1 N–H and O–H groups in total. The third kappa shape index (κ3) is 3.59. The zero-order valence-electron chi connectivity index (χ0n) is 13.0. The number of carbonyl (C=O) groups is 1. The van der Waals surface area contributed by atoms with Gasteiger partial charge in [0.15, 0.2) is 5.11 Å². The minimum absolute atomic E-state index is 0.272. The number of thiophene rings is 1. The van der Waals surface area contributed by atoms with Crippen LogP contribution in [0.15, 0.2) is 54.6 Å². The van der Waals surface area contributed by atoms with Crippen LogP contribution in [-0.2, 0) is 6.54 Å². The monoisotopic (exact) mass is 374 g/mol. The Morgan fingerprint density at radius 1 is 1.17 bits per heavy atom. The smallest absolute Gasteiger partial charge is 0.269 e. The van der Waals surface area contributed by atoms with E-state index in [1.54, 1.807) is 0 Å². The van der Waals surface area contributed by atoms with E-state index in [9.17, 15) is 4.79 Å². The van der Waals surface area contributed by atoms with E-state index in [0.717, 1.165) is 15.6 Å². The van der Waals surface area contributed by atoms with E-state index in [-0.39, 0.29) is 5.91 Å². The third-order valence-electron chi connectivity index (χ3n) is 3.57. The highest BCUT2D eigenvalue weighted by atomic mass is 35.5. The van der Waals surface area contributed by atoms with Gasteiger partial charge >= 0.3 is 0 Å². The van der Waals surface area contributed by atoms with Gasteiger partial charge in [-0.25, -0.2) is 0 Å². The maximum Gasteiger partial charge on any atom is 0.269 e. The molecule has 0 saturated heterocycles. The average Bonchev–Trinajstić information content (AvgIpc) is 2.93. The molecule has 122 valence electrons. The van der Waals surface area contributed by atoms with Crippen molar-refractivity contribution >= 4 is 56.3 Å². The molecule has 2 aromatic carbocycles. The molecule has 1 aromatic heterocycles. The number of nitrogens with zero attached hydrogens (tertiary/aromatic N) is 1. The van der Waals surface area contributed by atoms with Crippen LogP contribution in [0.25, 0.3) is 10.1 Å². The van der Waals surface area contributed by atoms with Crippen LogP contribution in [0.5, 0.6) is 0 Å². The SMILES string of the molecule is CN(Cc1ccccc1)C(=S)NC(=O)c1sc2ccccc2c1Cl. The number of rotatable bonds is 3. The summed E-state index contributed by atoms with van der Waals surface area (Å²) in [6.07, 6.45) is 0. The fraction of sp³-hybridized carbons (Fsp3) is 0.111. The number of amides is 1. The lowest BCUT2D eigenvalue weighted by Gasteiger charge is -2.20. The molecule has 0 aliphatic rings. The Balaban J connectivity index is 1.71. The highest BCUT2D eigenvalue weighted by Gasteiger charge is 2.18. The number of thiocarbonyl (C=S) groups is 1. The number of hydrogen-bond donors (Lipinski definition) is 1. The predicted octanol–water partition coefficient (Wildman–Crippen LogP) is 4.70. The molecule has 0 spiro atoms. The molecule has 0 atom stereocenters. The molecule has 1 heterocycles. The Labute approximate surface area is 154 Å². The predicted molar refractivity (Wildman–Crippen MR) is 105 cm³/mol. The van der Waals surface area contributed by atoms with Crippen molar-refractivity contribution in [3.05, 3.63) is 70.1 Å². The number of halogens is 1. The summed E-state index contributed by atoms with van der Waals surface area (Å²) < 4.78 is 0.983. The van der Waals surface area contributed by atoms with Gasteiger partial charge in [-0.3, -0.25) is 10.1 Å². The highest BCUT2D eigenvalue weighted by Crippen LogP contribution is 2.34. The number of nitrogens with one attached hydrogen (secondary N) is 1. The molecule has 0 saturated carbocycles. The van der Waals surface area contributed by atoms with Crippen molar-refractivity contribution in [2.24, 2.45) is 0 Å². The minimum atomic E-state index is -0.272. The second-order valence-electron chi connectivity index (χ2n) is 5.34. The van der Waals surface area contributed by atoms with Crippen LogP contribution in [0, 0.1) is 0 Å². The first kappa shape index (κ1) is 16.9. The molecule has 3 aromatic rings. The fourth-order valence-corrected chi connectivity index (χ4v) is 3.91. The summed E-state index contributed by atoms with van der Waals surface area (Å²) in [4.78, 5) is 14.8. The van der Waals surface area contributed by atoms with Crippen LogP contribution in [0.1, 0.15) is 15.2 Å². The van der Waals surface area contributed by atoms with Gasteiger partial charge < -0.3 is 4.90 Å². The van der Waals surface area contributed by atoms with E-state index >= 15 is 0 Å². The van der Waals surface area contributed by atoms with Gasteiger partial charge in [-0.15, -0.1) is 11.3 Å². The van der Waals surface area contributed by atoms with Gasteiger partial charge in [0.05, 0.1) is 5.02 Å². The lowest BCUT2D eigenvalue weighted by molar-refractivity contribution is 0.0978. The van der Waals surface area contributed by atoms with Gasteiger partial charge in [0.25, 0.3) is 5.91 Å². The molecule has 3 nitrogen and oxygen atoms in total. The zero-order valence-corrected chi connectivity index (χ0v) is 15.3. The molecule has 0 aliphatic carbocycles. The van der Waals surface area contributed by atoms with Gasteiger partial charge in [-0.1, -0.05) is 60.1 Å². The summed E-state index contributed by atoms with van der Waals surface area (Å²) in [5, 5.41) is 4.50. The minimum Gasteiger partial charge on any atom is -0.348 e. The average molecular weight is 375 g/mol. The standard InChI is InChI=1S/C18H15ClN2OS2/c1-21(11-12-7-3-2-4-8-12)18(23)20-17(22)16-15(19)13-9-5-6-10-14(13)24-16/h2-10H,11H2,1H3,(H,20,22,23). The number of carbonyl (C=O) groups excluding carboxylic acids is 1. The third-order valence-corrected chi connectivity index (χ3v) is 5.66. The first-order valence-corrected chi connectivity index (χ1v) is 8.94. The van der Waals surface area contributed by atoms with Crippen LogP contribution in [0.3, 0.4) is 0 Å². The Morgan fingerprint density at radius 2 is 1.83 bits per heavy atom. The van der Waals surface area contributed by atoms with Crippen molar-refractivity contribution in [1.82, 2.24) is 10.2 Å². The summed E-state index contributed by atoms with van der Waals surface area (Å²) in [7, 11) is 1.85. The van der Waals surface area contributed by atoms with Crippen molar-refractivity contribution in [3.8, 4) is 0 Å². The molecule has 6 heteroatoms. The Bertz CT molecular complexity index is 892. The van der Waals surface area contributed by atoms with E-state index in [1.165, 1.54) is 11.3 Å². The summed E-state index contributed by atoms with van der Waals surface area (Å²) >= 11 is 13.0. The van der Waals surface area contributed by atoms with E-state index in [1.807, 2.05) is 66.5 Å². The molecule has 1 amide bonds. The zero-order chi connectivity index (χ0) is 17.1. The Kier molecular flexibility index (Phi) is 5.14. The molecular formula is C18H15ClN2OS2. The molecule has 0 unspecified atom stereocenters. The summed E-state index contributed by atoms with van der Waals surface area (Å²) in [6, 6.07) is 17.6. The maximum atomic E-state index is 12.5. The number of fused-ring (bicyclic) bond motifs is 1. The van der Waals surface area contributed by atoms with Gasteiger partial charge in [-0.05, 0) is 23.8 Å². The van der Waals surface area contributed by atoms with Gasteiger partial charge in [0.1, 0.15) is 4.88 Å². The summed E-state index contributed by atoms with van der Waals surface area (Å²) in [6.45, 7) is 0.625. The molecule has 3 rings (SSSR count). The topological polar surface area (TPSA) is 32.3 Å². The second-order valence-corrected chi connectivity index (χ2v) is 7.16.